The van der Waals surface area contributed by atoms with Gasteiger partial charge in [0, 0.05) is 33.4 Å². The molecule has 0 aliphatic rings. The average Bonchev–Trinajstić information content (AvgIpc) is 3.76. The summed E-state index contributed by atoms with van der Waals surface area (Å²) in [5.74, 6) is 0.915. The van der Waals surface area contributed by atoms with Gasteiger partial charge in [-0.05, 0) is 125 Å². The van der Waals surface area contributed by atoms with E-state index < -0.39 is 0 Å². The van der Waals surface area contributed by atoms with E-state index in [1.165, 1.54) is 49.4 Å². The van der Waals surface area contributed by atoms with Gasteiger partial charge in [-0.25, -0.2) is 4.98 Å². The number of aryl methyl sites for hydroxylation is 3. The van der Waals surface area contributed by atoms with Gasteiger partial charge in [-0.1, -0.05) is 103 Å². The number of aromatic nitrogens is 3. The lowest BCUT2D eigenvalue weighted by molar-refractivity contribution is 0.944. The van der Waals surface area contributed by atoms with Crippen molar-refractivity contribution in [1.82, 2.24) is 14.1 Å². The van der Waals surface area contributed by atoms with E-state index in [2.05, 4.69) is 174 Å². The minimum Gasteiger partial charge on any atom is -0.309 e. The van der Waals surface area contributed by atoms with Crippen molar-refractivity contribution in [3.05, 3.63) is 198 Å². The second kappa shape index (κ2) is 13.3. The molecule has 0 N–H and O–H groups in total. The first-order valence-electron chi connectivity index (χ1n) is 18.8. The van der Waals surface area contributed by atoms with E-state index in [0.29, 0.717) is 5.56 Å². The second-order valence-corrected chi connectivity index (χ2v) is 14.3. The number of hydrogen-bond donors (Lipinski definition) is 0. The molecule has 55 heavy (non-hydrogen) atoms. The van der Waals surface area contributed by atoms with Gasteiger partial charge >= 0.3 is 0 Å². The smallest absolute Gasteiger partial charge is 0.138 e. The van der Waals surface area contributed by atoms with Crippen molar-refractivity contribution in [2.45, 2.75) is 19.8 Å². The molecule has 0 atom stereocenters. The number of rotatable bonds is 7. The fraction of sp³-hybridized carbons (Fsp3) is 0.0588. The largest absolute Gasteiger partial charge is 0.309 e. The monoisotopic (exact) mass is 704 g/mol. The number of fused-ring (bicyclic) bond motifs is 6. The van der Waals surface area contributed by atoms with Crippen LogP contribution in [0.1, 0.15) is 22.3 Å². The third-order valence-electron chi connectivity index (χ3n) is 11.1. The van der Waals surface area contributed by atoms with Gasteiger partial charge in [0.15, 0.2) is 0 Å². The fourth-order valence-corrected chi connectivity index (χ4v) is 8.36. The molecule has 3 heterocycles. The summed E-state index contributed by atoms with van der Waals surface area (Å²) in [5.41, 5.74) is 14.9. The Morgan fingerprint density at radius 3 is 1.76 bits per heavy atom. The van der Waals surface area contributed by atoms with Gasteiger partial charge in [-0.15, -0.1) is 0 Å². The van der Waals surface area contributed by atoms with E-state index in [-0.39, 0.29) is 0 Å². The Morgan fingerprint density at radius 2 is 1.09 bits per heavy atom. The van der Waals surface area contributed by atoms with Crippen LogP contribution in [-0.2, 0) is 12.8 Å². The van der Waals surface area contributed by atoms with E-state index in [1.807, 2.05) is 24.3 Å². The summed E-state index contributed by atoms with van der Waals surface area (Å²) >= 11 is 0. The van der Waals surface area contributed by atoms with Gasteiger partial charge in [0.25, 0.3) is 0 Å². The minimum atomic E-state index is 0.655. The maximum absolute atomic E-state index is 9.39. The van der Waals surface area contributed by atoms with Crippen molar-refractivity contribution in [3.63, 3.8) is 0 Å². The van der Waals surface area contributed by atoms with Crippen LogP contribution in [0, 0.1) is 18.3 Å². The molecule has 3 aromatic heterocycles. The van der Waals surface area contributed by atoms with E-state index >= 15 is 0 Å². The molecule has 0 saturated carbocycles. The maximum atomic E-state index is 9.39. The number of para-hydroxylation sites is 2. The van der Waals surface area contributed by atoms with Crippen LogP contribution < -0.4 is 0 Å². The molecule has 0 aliphatic heterocycles. The number of nitriles is 1. The Bertz CT molecular complexity index is 3100. The van der Waals surface area contributed by atoms with Gasteiger partial charge in [0.05, 0.1) is 33.7 Å². The summed E-state index contributed by atoms with van der Waals surface area (Å²) in [4.78, 5) is 5.17. The number of pyridine rings is 1. The van der Waals surface area contributed by atoms with Crippen molar-refractivity contribution in [3.8, 4) is 39.8 Å². The van der Waals surface area contributed by atoms with Gasteiger partial charge in [0.2, 0.25) is 0 Å². The molecule has 4 nitrogen and oxygen atoms in total. The normalized spacial score (nSPS) is 11.5. The second-order valence-electron chi connectivity index (χ2n) is 14.3. The van der Waals surface area contributed by atoms with E-state index in [1.54, 1.807) is 0 Å². The zero-order valence-corrected chi connectivity index (χ0v) is 30.4. The summed E-state index contributed by atoms with van der Waals surface area (Å²) < 4.78 is 4.61. The molecule has 0 saturated heterocycles. The van der Waals surface area contributed by atoms with E-state index in [9.17, 15) is 5.26 Å². The van der Waals surface area contributed by atoms with E-state index in [4.69, 9.17) is 4.98 Å². The van der Waals surface area contributed by atoms with Gasteiger partial charge in [-0.2, -0.15) is 5.26 Å². The van der Waals surface area contributed by atoms with Crippen LogP contribution in [0.4, 0.5) is 0 Å². The van der Waals surface area contributed by atoms with Crippen molar-refractivity contribution in [2.24, 2.45) is 0 Å². The maximum Gasteiger partial charge on any atom is 0.138 e. The predicted octanol–water partition coefficient (Wildman–Crippen LogP) is 12.6. The Labute approximate surface area is 319 Å². The fourth-order valence-electron chi connectivity index (χ4n) is 8.36. The van der Waals surface area contributed by atoms with Crippen LogP contribution >= 0.6 is 0 Å². The molecule has 0 spiro atoms. The molecule has 0 unspecified atom stereocenters. The summed E-state index contributed by atoms with van der Waals surface area (Å²) in [6.07, 6.45) is 3.97. The quantitative estimate of drug-likeness (QED) is 0.166. The summed E-state index contributed by atoms with van der Waals surface area (Å²) in [5, 5.41) is 14.2. The third-order valence-corrected chi connectivity index (χ3v) is 11.1. The Kier molecular flexibility index (Phi) is 7.86. The van der Waals surface area contributed by atoms with Crippen LogP contribution in [0.3, 0.4) is 0 Å². The SMILES string of the molecule is Cc1ccccc1-c1cc(-n2c3ccccc3c3cc(-c4ccc5c(c4)c4ccccc4n5-c4ccc(C#N)cc4)ccc32)ncc1CCc1ccccc1. The van der Waals surface area contributed by atoms with Crippen LogP contribution in [0.5, 0.6) is 0 Å². The molecule has 0 fully saturated rings. The zero-order valence-electron chi connectivity index (χ0n) is 30.4. The van der Waals surface area contributed by atoms with Crippen LogP contribution in [0.15, 0.2) is 176 Å². The van der Waals surface area contributed by atoms with Crippen molar-refractivity contribution in [1.29, 1.82) is 5.26 Å². The van der Waals surface area contributed by atoms with Crippen molar-refractivity contribution in [2.75, 3.05) is 0 Å². The van der Waals surface area contributed by atoms with Gasteiger partial charge < -0.3 is 4.57 Å². The average molecular weight is 705 g/mol. The van der Waals surface area contributed by atoms with Gasteiger partial charge in [0.1, 0.15) is 5.82 Å². The van der Waals surface area contributed by atoms with Crippen LogP contribution in [0.2, 0.25) is 0 Å². The molecule has 4 heteroatoms. The minimum absolute atomic E-state index is 0.655. The molecule has 10 aromatic rings. The number of hydrogen-bond acceptors (Lipinski definition) is 2. The highest BCUT2D eigenvalue weighted by Crippen LogP contribution is 2.39. The summed E-state index contributed by atoms with van der Waals surface area (Å²) in [7, 11) is 0. The highest BCUT2D eigenvalue weighted by Gasteiger charge is 2.18. The van der Waals surface area contributed by atoms with E-state index in [0.717, 1.165) is 57.5 Å². The molecule has 260 valence electrons. The lowest BCUT2D eigenvalue weighted by atomic mass is 9.94. The predicted molar refractivity (Wildman–Crippen MR) is 227 cm³/mol. The first kappa shape index (κ1) is 32.4. The van der Waals surface area contributed by atoms with Gasteiger partial charge in [-0.3, -0.25) is 4.57 Å². The zero-order chi connectivity index (χ0) is 36.9. The molecule has 0 amide bonds. The molecule has 7 aromatic carbocycles. The lowest BCUT2D eigenvalue weighted by Gasteiger charge is -2.15. The summed E-state index contributed by atoms with van der Waals surface area (Å²) in [6, 6.07) is 62.6. The Morgan fingerprint density at radius 1 is 0.509 bits per heavy atom. The lowest BCUT2D eigenvalue weighted by Crippen LogP contribution is -2.02. The topological polar surface area (TPSA) is 46.5 Å². The molecular formula is C51H36N4. The Balaban J connectivity index is 1.10. The van der Waals surface area contributed by atoms with Crippen LogP contribution in [-0.4, -0.2) is 14.1 Å². The molecule has 0 bridgehead atoms. The molecule has 0 radical (unpaired) electrons. The number of benzene rings is 7. The van der Waals surface area contributed by atoms with Crippen molar-refractivity contribution < 1.29 is 0 Å². The molecule has 0 aliphatic carbocycles. The Hall–Kier alpha value is -7.22. The molecular weight excluding hydrogens is 669 g/mol. The molecule has 10 rings (SSSR count). The first-order valence-corrected chi connectivity index (χ1v) is 18.8. The number of nitrogens with zero attached hydrogens (tertiary/aromatic N) is 4. The summed E-state index contributed by atoms with van der Waals surface area (Å²) in [6.45, 7) is 2.19. The highest BCUT2D eigenvalue weighted by atomic mass is 15.1. The van der Waals surface area contributed by atoms with Crippen LogP contribution in [0.25, 0.3) is 77.4 Å². The standard InChI is InChI=1S/C51H36N4/c1-34-11-5-6-14-41(34)44-31-51(53-33-39(44)22-19-35-12-3-2-4-13-35)55-48-18-10-8-16-43(48)46-30-38(24-28-50(46)55)37-23-27-49-45(29-37)42-15-7-9-17-47(42)54(49)40-25-20-36(32-52)21-26-40/h2-18,20-21,23-31,33H,19,22H2,1H3. The van der Waals surface area contributed by atoms with Crippen molar-refractivity contribution >= 4 is 43.6 Å². The first-order chi connectivity index (χ1) is 27.1. The third kappa shape index (κ3) is 5.57. The highest BCUT2D eigenvalue weighted by molar-refractivity contribution is 6.12.